The van der Waals surface area contributed by atoms with Crippen molar-refractivity contribution in [1.82, 2.24) is 0 Å². The van der Waals surface area contributed by atoms with E-state index >= 15 is 0 Å². The maximum atomic E-state index is 0. The smallest absolute Gasteiger partial charge is 0 e. The molecule has 29 valence electrons. The van der Waals surface area contributed by atoms with Gasteiger partial charge in [0, 0.05) is 66.1 Å². The molecule has 0 spiro atoms. The molecule has 0 heterocycles. The Bertz CT molecular complexity index is 11.6. The van der Waals surface area contributed by atoms with Crippen LogP contribution in [0.1, 0.15) is 0 Å². The predicted octanol–water partition coefficient (Wildman–Crippen LogP) is -2.75. The van der Waals surface area contributed by atoms with Gasteiger partial charge in [-0.3, -0.25) is 0 Å². The zero-order chi connectivity index (χ0) is 0. The summed E-state index contributed by atoms with van der Waals surface area (Å²) < 4.78 is 0. The summed E-state index contributed by atoms with van der Waals surface area (Å²) in [7, 11) is 0. The molecule has 0 aliphatic carbocycles. The minimum absolute atomic E-state index is 0. The van der Waals surface area contributed by atoms with Gasteiger partial charge in [0.2, 0.25) is 0 Å². The van der Waals surface area contributed by atoms with Crippen LogP contribution in [0.3, 0.4) is 0 Å². The molecule has 5 heavy (non-hydrogen) atoms. The van der Waals surface area contributed by atoms with E-state index in [1.165, 1.54) is 0 Å². The first-order valence-corrected chi connectivity index (χ1v) is 0. The molecule has 0 N–H and O–H groups in total. The van der Waals surface area contributed by atoms with Crippen LogP contribution in [-0.4, -0.2) is 70.9 Å². The Labute approximate surface area is 107 Å². The number of rotatable bonds is 0. The van der Waals surface area contributed by atoms with Crippen molar-refractivity contribution in [2.24, 2.45) is 0 Å². The van der Waals surface area contributed by atoms with Gasteiger partial charge in [0.15, 0.2) is 17.4 Å². The largest absolute Gasteiger partial charge is 0 e. The first-order chi connectivity index (χ1) is 0. The number of hydrogen-bond donors (Lipinski definition) is 0. The third-order valence-corrected chi connectivity index (χ3v) is 0. The van der Waals surface area contributed by atoms with Gasteiger partial charge < -0.3 is 0 Å². The quantitative estimate of drug-likeness (QED) is 0.288. The van der Waals surface area contributed by atoms with Crippen molar-refractivity contribution < 1.29 is 38.8 Å². The zero-order valence-corrected chi connectivity index (χ0v) is 14.8. The van der Waals surface area contributed by atoms with Crippen LogP contribution in [0.15, 0.2) is 0 Å². The third kappa shape index (κ3) is 18.4. The van der Waals surface area contributed by atoms with Crippen LogP contribution in [0.25, 0.3) is 0 Å². The van der Waals surface area contributed by atoms with Gasteiger partial charge in [0.05, 0.1) is 0 Å². The summed E-state index contributed by atoms with van der Waals surface area (Å²) in [6.45, 7) is 0. The van der Waals surface area contributed by atoms with E-state index in [1.807, 2.05) is 0 Å². The Balaban J connectivity index is 0. The van der Waals surface area contributed by atoms with Crippen molar-refractivity contribution in [2.75, 3.05) is 0 Å². The van der Waals surface area contributed by atoms with Crippen LogP contribution in [0.4, 0.5) is 0 Å². The molecule has 0 bridgehead atoms. The SMILES string of the molecule is [AlH3].[BiH3].[Fe].[Ti].[Tl]. The van der Waals surface area contributed by atoms with Crippen LogP contribution >= 0.6 is 0 Å². The van der Waals surface area contributed by atoms with E-state index in [4.69, 9.17) is 0 Å². The second kappa shape index (κ2) is 25.6. The fourth-order valence-corrected chi connectivity index (χ4v) is 0. The second-order valence-electron chi connectivity index (χ2n) is 0. The van der Waals surface area contributed by atoms with Crippen molar-refractivity contribution in [3.63, 3.8) is 0 Å². The standard InChI is InChI=1S/Al.Bi.Fe.Ti.Tl.6H. The fourth-order valence-electron chi connectivity index (χ4n) is 0. The summed E-state index contributed by atoms with van der Waals surface area (Å²) in [5.74, 6) is 0. The van der Waals surface area contributed by atoms with Crippen molar-refractivity contribution in [3.8, 4) is 0 Å². The molecule has 1 radical (unpaired) electrons. The zero-order valence-electron chi connectivity index (χ0n) is 2.14. The Morgan fingerprint density at radius 1 is 1.00 bits per heavy atom. The van der Waals surface area contributed by atoms with Gasteiger partial charge in [-0.2, -0.15) is 0 Å². The van der Waals surface area contributed by atoms with Gasteiger partial charge >= 0.3 is 26.2 Å². The average Bonchev–Trinajstić information content (AvgIpc) is 0. The predicted molar refractivity (Wildman–Crippen MR) is 25.6 cm³/mol. The molecule has 0 atom stereocenters. The first kappa shape index (κ1) is 38.5. The number of hydrogen-bond acceptors (Lipinski definition) is 0. The monoisotopic (exact) mass is 551 g/mol. The van der Waals surface area contributed by atoms with Crippen molar-refractivity contribution >= 4 is 70.9 Å². The van der Waals surface area contributed by atoms with Crippen LogP contribution < -0.4 is 0 Å². The van der Waals surface area contributed by atoms with Gasteiger partial charge in [-0.25, -0.2) is 0 Å². The molecule has 0 aliphatic heterocycles. The summed E-state index contributed by atoms with van der Waals surface area (Å²) in [5, 5.41) is 0. The van der Waals surface area contributed by atoms with Crippen LogP contribution in [0.5, 0.6) is 0 Å². The molecule has 0 fully saturated rings. The van der Waals surface area contributed by atoms with Gasteiger partial charge in [-0.1, -0.05) is 0 Å². The Kier molecular flexibility index (Phi) is 198. The van der Waals surface area contributed by atoms with Crippen molar-refractivity contribution in [1.29, 1.82) is 0 Å². The molecule has 5 heteroatoms. The molecule has 0 aliphatic rings. The molecule has 0 aromatic carbocycles. The molecule has 0 saturated carbocycles. The minimum atomic E-state index is 0. The second-order valence-corrected chi connectivity index (χ2v) is 0. The van der Waals surface area contributed by atoms with E-state index in [9.17, 15) is 0 Å². The summed E-state index contributed by atoms with van der Waals surface area (Å²) >= 11 is 0. The van der Waals surface area contributed by atoms with Gasteiger partial charge in [-0.15, -0.1) is 0 Å². The van der Waals surface area contributed by atoms with Crippen molar-refractivity contribution in [3.05, 3.63) is 0 Å². The molecule has 0 rings (SSSR count). The molecule has 0 nitrogen and oxygen atoms in total. The van der Waals surface area contributed by atoms with E-state index in [1.54, 1.807) is 0 Å². The van der Waals surface area contributed by atoms with Gasteiger partial charge in [-0.05, 0) is 0 Å². The Hall–Kier alpha value is 3.57. The molecular formula is H6AlBiFeTiTl. The van der Waals surface area contributed by atoms with Gasteiger partial charge in [0.1, 0.15) is 0 Å². The van der Waals surface area contributed by atoms with E-state index in [-0.39, 0.29) is 110 Å². The van der Waals surface area contributed by atoms with E-state index in [0.29, 0.717) is 0 Å². The topological polar surface area (TPSA) is 0 Å². The molecule has 0 aromatic rings. The van der Waals surface area contributed by atoms with E-state index in [2.05, 4.69) is 0 Å². The Morgan fingerprint density at radius 3 is 1.00 bits per heavy atom. The van der Waals surface area contributed by atoms with Crippen molar-refractivity contribution in [2.45, 2.75) is 0 Å². The average molecular weight is 550 g/mol. The third-order valence-electron chi connectivity index (χ3n) is 0. The molecular weight excluding hydrogens is 544 g/mol. The molecule has 0 unspecified atom stereocenters. The van der Waals surface area contributed by atoms with E-state index < -0.39 is 0 Å². The summed E-state index contributed by atoms with van der Waals surface area (Å²) in [6, 6.07) is 0. The summed E-state index contributed by atoms with van der Waals surface area (Å²) in [4.78, 5) is 0. The van der Waals surface area contributed by atoms with Crippen LogP contribution in [0, 0.1) is 0 Å². The van der Waals surface area contributed by atoms with Gasteiger partial charge in [0.25, 0.3) is 0 Å². The maximum Gasteiger partial charge on any atom is 0 e. The fraction of sp³-hybridized carbons (Fsp3) is 0. The van der Waals surface area contributed by atoms with Crippen LogP contribution in [-0.2, 0) is 38.8 Å². The molecule has 0 amide bonds. The van der Waals surface area contributed by atoms with Crippen LogP contribution in [0.2, 0.25) is 0 Å². The van der Waals surface area contributed by atoms with E-state index in [0.717, 1.165) is 0 Å². The maximum absolute atomic E-state index is 0. The summed E-state index contributed by atoms with van der Waals surface area (Å²) in [5.41, 5.74) is 0. The summed E-state index contributed by atoms with van der Waals surface area (Å²) in [6.07, 6.45) is 0. The Morgan fingerprint density at radius 2 is 1.00 bits per heavy atom. The minimum Gasteiger partial charge on any atom is 0 e. The molecule has 0 aromatic heterocycles. The normalized spacial score (nSPS) is 0. The molecule has 0 saturated heterocycles. The first-order valence-electron chi connectivity index (χ1n) is 0.